The second-order valence-corrected chi connectivity index (χ2v) is 5.83. The van der Waals surface area contributed by atoms with Crippen molar-refractivity contribution in [3.63, 3.8) is 0 Å². The van der Waals surface area contributed by atoms with Gasteiger partial charge in [-0.25, -0.2) is 0 Å². The Bertz CT molecular complexity index is 873. The van der Waals surface area contributed by atoms with E-state index in [1.807, 2.05) is 24.3 Å². The minimum atomic E-state index is -0.0323. The lowest BCUT2D eigenvalue weighted by atomic mass is 10.1. The second-order valence-electron chi connectivity index (χ2n) is 5.83. The third kappa shape index (κ3) is 2.75. The number of hydrogen-bond donors (Lipinski definition) is 2. The van der Waals surface area contributed by atoms with Gasteiger partial charge in [-0.05, 0) is 55.5 Å². The Balaban J connectivity index is 1.94. The fraction of sp³-hybridized carbons (Fsp3) is 0.211. The van der Waals surface area contributed by atoms with Gasteiger partial charge in [-0.2, -0.15) is 0 Å². The number of nitrogens with one attached hydrogen (secondary N) is 2. The van der Waals surface area contributed by atoms with Crippen LogP contribution >= 0.6 is 0 Å². The first-order chi connectivity index (χ1) is 10.5. The fourth-order valence-electron chi connectivity index (χ4n) is 2.78. The highest BCUT2D eigenvalue weighted by molar-refractivity contribution is 5.79. The molecule has 1 aromatic heterocycles. The van der Waals surface area contributed by atoms with E-state index in [1.165, 1.54) is 16.7 Å². The molecule has 2 N–H and O–H groups in total. The fourth-order valence-corrected chi connectivity index (χ4v) is 2.78. The summed E-state index contributed by atoms with van der Waals surface area (Å²) in [7, 11) is 0. The van der Waals surface area contributed by atoms with Crippen molar-refractivity contribution in [2.45, 2.75) is 27.3 Å². The lowest BCUT2D eigenvalue weighted by Gasteiger charge is -2.12. The number of aromatic amines is 1. The van der Waals surface area contributed by atoms with Crippen molar-refractivity contribution in [3.8, 4) is 0 Å². The van der Waals surface area contributed by atoms with E-state index < -0.39 is 0 Å². The molecular weight excluding hydrogens is 272 g/mol. The topological polar surface area (TPSA) is 44.9 Å². The number of fused-ring (bicyclic) bond motifs is 1. The minimum absolute atomic E-state index is 0.0323. The molecule has 0 aliphatic heterocycles. The minimum Gasteiger partial charge on any atom is -0.380 e. The number of aryl methyl sites for hydroxylation is 3. The molecule has 22 heavy (non-hydrogen) atoms. The van der Waals surface area contributed by atoms with Crippen LogP contribution < -0.4 is 10.9 Å². The van der Waals surface area contributed by atoms with E-state index in [0.29, 0.717) is 6.54 Å². The number of benzene rings is 2. The van der Waals surface area contributed by atoms with Gasteiger partial charge in [0.05, 0.1) is 0 Å². The summed E-state index contributed by atoms with van der Waals surface area (Å²) in [4.78, 5) is 15.2. The molecule has 112 valence electrons. The predicted octanol–water partition coefficient (Wildman–Crippen LogP) is 4.07. The van der Waals surface area contributed by atoms with Crippen LogP contribution in [0, 0.1) is 20.8 Å². The zero-order valence-corrected chi connectivity index (χ0v) is 13.2. The number of hydrogen-bond acceptors (Lipinski definition) is 2. The van der Waals surface area contributed by atoms with Crippen molar-refractivity contribution < 1.29 is 0 Å². The summed E-state index contributed by atoms with van der Waals surface area (Å²) in [5.41, 5.74) is 6.27. The number of rotatable bonds is 3. The third-order valence-corrected chi connectivity index (χ3v) is 4.01. The SMILES string of the molecule is Cc1ccc2[nH]c(=O)c(CNc3c(C)cccc3C)cc2c1. The van der Waals surface area contributed by atoms with Gasteiger partial charge in [0.25, 0.3) is 5.56 Å². The van der Waals surface area contributed by atoms with Gasteiger partial charge in [0.15, 0.2) is 0 Å². The van der Waals surface area contributed by atoms with Crippen LogP contribution in [0.2, 0.25) is 0 Å². The van der Waals surface area contributed by atoms with Gasteiger partial charge in [-0.15, -0.1) is 0 Å². The zero-order valence-electron chi connectivity index (χ0n) is 13.2. The Labute approximate surface area is 130 Å². The maximum absolute atomic E-state index is 12.2. The Morgan fingerprint density at radius 3 is 2.45 bits per heavy atom. The normalized spacial score (nSPS) is 10.9. The first-order valence-corrected chi connectivity index (χ1v) is 7.47. The Morgan fingerprint density at radius 1 is 1.00 bits per heavy atom. The van der Waals surface area contributed by atoms with Gasteiger partial charge in [0, 0.05) is 23.3 Å². The van der Waals surface area contributed by atoms with Gasteiger partial charge in [-0.3, -0.25) is 4.79 Å². The van der Waals surface area contributed by atoms with Crippen molar-refractivity contribution in [3.05, 3.63) is 75.1 Å². The third-order valence-electron chi connectivity index (χ3n) is 4.01. The quantitative estimate of drug-likeness (QED) is 0.764. The number of aromatic nitrogens is 1. The van der Waals surface area contributed by atoms with Crippen LogP contribution in [-0.4, -0.2) is 4.98 Å². The highest BCUT2D eigenvalue weighted by atomic mass is 16.1. The summed E-state index contributed by atoms with van der Waals surface area (Å²) in [6.45, 7) is 6.72. The van der Waals surface area contributed by atoms with Crippen molar-refractivity contribution >= 4 is 16.6 Å². The lowest BCUT2D eigenvalue weighted by molar-refractivity contribution is 1.08. The number of anilines is 1. The molecule has 0 fully saturated rings. The van der Waals surface area contributed by atoms with Crippen molar-refractivity contribution in [1.82, 2.24) is 4.98 Å². The molecule has 3 nitrogen and oxygen atoms in total. The van der Waals surface area contributed by atoms with E-state index in [-0.39, 0.29) is 5.56 Å². The summed E-state index contributed by atoms with van der Waals surface area (Å²) in [5, 5.41) is 4.47. The molecule has 0 spiro atoms. The molecule has 2 aromatic carbocycles. The lowest BCUT2D eigenvalue weighted by Crippen LogP contribution is -2.16. The Hall–Kier alpha value is -2.55. The number of pyridine rings is 1. The standard InChI is InChI=1S/C19H20N2O/c1-12-7-8-17-15(9-12)10-16(19(22)21-17)11-20-18-13(2)5-4-6-14(18)3/h4-10,20H,11H2,1-3H3,(H,21,22). The summed E-state index contributed by atoms with van der Waals surface area (Å²) in [6.07, 6.45) is 0. The average Bonchev–Trinajstić information content (AvgIpc) is 2.47. The molecule has 3 heteroatoms. The predicted molar refractivity (Wildman–Crippen MR) is 92.5 cm³/mol. The highest BCUT2D eigenvalue weighted by Crippen LogP contribution is 2.20. The van der Waals surface area contributed by atoms with E-state index in [0.717, 1.165) is 22.2 Å². The van der Waals surface area contributed by atoms with E-state index in [4.69, 9.17) is 0 Å². The number of H-pyrrole nitrogens is 1. The molecule has 0 aliphatic rings. The first-order valence-electron chi connectivity index (χ1n) is 7.47. The van der Waals surface area contributed by atoms with Gasteiger partial charge in [0.2, 0.25) is 0 Å². The molecule has 0 radical (unpaired) electrons. The van der Waals surface area contributed by atoms with Gasteiger partial charge >= 0.3 is 0 Å². The molecule has 3 rings (SSSR count). The summed E-state index contributed by atoms with van der Waals surface area (Å²) >= 11 is 0. The molecule has 0 saturated heterocycles. The van der Waals surface area contributed by atoms with Gasteiger partial charge < -0.3 is 10.3 Å². The molecular formula is C19H20N2O. The van der Waals surface area contributed by atoms with Crippen molar-refractivity contribution in [2.75, 3.05) is 5.32 Å². The van der Waals surface area contributed by atoms with Crippen molar-refractivity contribution in [2.24, 2.45) is 0 Å². The summed E-state index contributed by atoms with van der Waals surface area (Å²) in [5.74, 6) is 0. The molecule has 0 unspecified atom stereocenters. The first kappa shape index (κ1) is 14.4. The molecule has 0 saturated carbocycles. The highest BCUT2D eigenvalue weighted by Gasteiger charge is 2.06. The van der Waals surface area contributed by atoms with E-state index in [2.05, 4.69) is 49.3 Å². The van der Waals surface area contributed by atoms with Crippen LogP contribution in [0.1, 0.15) is 22.3 Å². The Morgan fingerprint density at radius 2 is 1.73 bits per heavy atom. The average molecular weight is 292 g/mol. The zero-order chi connectivity index (χ0) is 15.7. The maximum atomic E-state index is 12.2. The van der Waals surface area contributed by atoms with Gasteiger partial charge in [-0.1, -0.05) is 29.8 Å². The van der Waals surface area contributed by atoms with E-state index in [9.17, 15) is 4.79 Å². The van der Waals surface area contributed by atoms with Crippen LogP contribution in [0.3, 0.4) is 0 Å². The molecule has 1 heterocycles. The van der Waals surface area contributed by atoms with Crippen LogP contribution in [-0.2, 0) is 6.54 Å². The molecule has 0 bridgehead atoms. The largest absolute Gasteiger partial charge is 0.380 e. The monoisotopic (exact) mass is 292 g/mol. The molecule has 0 aliphatic carbocycles. The van der Waals surface area contributed by atoms with Crippen molar-refractivity contribution in [1.29, 1.82) is 0 Å². The van der Waals surface area contributed by atoms with Gasteiger partial charge in [0.1, 0.15) is 0 Å². The van der Waals surface area contributed by atoms with Crippen LogP contribution in [0.4, 0.5) is 5.69 Å². The smallest absolute Gasteiger partial charge is 0.253 e. The van der Waals surface area contributed by atoms with E-state index >= 15 is 0 Å². The van der Waals surface area contributed by atoms with Crippen LogP contribution in [0.15, 0.2) is 47.3 Å². The Kier molecular flexibility index (Phi) is 3.72. The summed E-state index contributed by atoms with van der Waals surface area (Å²) < 4.78 is 0. The van der Waals surface area contributed by atoms with E-state index in [1.54, 1.807) is 0 Å². The molecule has 0 amide bonds. The van der Waals surface area contributed by atoms with Crippen LogP contribution in [0.25, 0.3) is 10.9 Å². The summed E-state index contributed by atoms with van der Waals surface area (Å²) in [6, 6.07) is 14.2. The molecule has 3 aromatic rings. The second kappa shape index (κ2) is 5.68. The molecule has 0 atom stereocenters. The maximum Gasteiger partial charge on any atom is 0.253 e. The number of para-hydroxylation sites is 1. The van der Waals surface area contributed by atoms with Crippen LogP contribution in [0.5, 0.6) is 0 Å².